The third-order valence-corrected chi connectivity index (χ3v) is 6.03. The maximum Gasteiger partial charge on any atom is 0.204 e. The standard InChI is InChI=1S/C28H34O7/c1-14(2)7-9-17-16(11-12-28(5,6)34)21-24(32)22-20(30)13-19(29)18(10-8-15(3)4)26(22)35-27(21)25(33)23(17)31/h7-8,13,29-31,33-34H,9-12H2,1-6H3. The van der Waals surface area contributed by atoms with Gasteiger partial charge in [0.1, 0.15) is 22.5 Å². The molecule has 35 heavy (non-hydrogen) atoms. The van der Waals surface area contributed by atoms with Crippen molar-refractivity contribution in [3.63, 3.8) is 0 Å². The van der Waals surface area contributed by atoms with Crippen LogP contribution in [0.5, 0.6) is 23.0 Å². The van der Waals surface area contributed by atoms with Gasteiger partial charge in [0, 0.05) is 17.2 Å². The van der Waals surface area contributed by atoms with Crippen LogP contribution in [0.2, 0.25) is 0 Å². The van der Waals surface area contributed by atoms with Crippen molar-refractivity contribution in [2.24, 2.45) is 0 Å². The highest BCUT2D eigenvalue weighted by Gasteiger charge is 2.27. The van der Waals surface area contributed by atoms with E-state index in [0.29, 0.717) is 11.1 Å². The van der Waals surface area contributed by atoms with Gasteiger partial charge in [0.15, 0.2) is 11.3 Å². The fraction of sp³-hybridized carbons (Fsp3) is 0.393. The molecule has 2 aromatic carbocycles. The van der Waals surface area contributed by atoms with Gasteiger partial charge >= 0.3 is 0 Å². The summed E-state index contributed by atoms with van der Waals surface area (Å²) in [4.78, 5) is 13.8. The van der Waals surface area contributed by atoms with Crippen molar-refractivity contribution in [2.45, 2.75) is 72.8 Å². The van der Waals surface area contributed by atoms with Gasteiger partial charge in [-0.25, -0.2) is 0 Å². The highest BCUT2D eigenvalue weighted by molar-refractivity contribution is 6.00. The molecule has 5 N–H and O–H groups in total. The molecule has 3 rings (SSSR count). The smallest absolute Gasteiger partial charge is 0.204 e. The van der Waals surface area contributed by atoms with Crippen LogP contribution < -0.4 is 5.43 Å². The Hall–Kier alpha value is -3.45. The molecule has 0 saturated carbocycles. The van der Waals surface area contributed by atoms with E-state index in [1.165, 1.54) is 0 Å². The van der Waals surface area contributed by atoms with E-state index in [1.54, 1.807) is 13.8 Å². The van der Waals surface area contributed by atoms with Gasteiger partial charge in [-0.1, -0.05) is 23.3 Å². The maximum atomic E-state index is 13.8. The molecule has 0 aliphatic rings. The predicted octanol–water partition coefficient (Wildman–Crippen LogP) is 5.49. The second-order valence-electron chi connectivity index (χ2n) is 10.2. The van der Waals surface area contributed by atoms with E-state index in [1.807, 2.05) is 39.8 Å². The van der Waals surface area contributed by atoms with Gasteiger partial charge in [-0.3, -0.25) is 4.79 Å². The summed E-state index contributed by atoms with van der Waals surface area (Å²) in [6.45, 7) is 10.9. The molecule has 0 aliphatic carbocycles. The number of fused-ring (bicyclic) bond motifs is 2. The first-order valence-electron chi connectivity index (χ1n) is 11.6. The lowest BCUT2D eigenvalue weighted by molar-refractivity contribution is 0.0714. The van der Waals surface area contributed by atoms with Gasteiger partial charge in [0.25, 0.3) is 0 Å². The number of phenols is 4. The van der Waals surface area contributed by atoms with Crippen LogP contribution in [0.25, 0.3) is 21.9 Å². The number of rotatable bonds is 7. The number of phenolic OH excluding ortho intramolecular Hbond substituents is 4. The van der Waals surface area contributed by atoms with Crippen molar-refractivity contribution >= 4 is 21.9 Å². The highest BCUT2D eigenvalue weighted by atomic mass is 16.4. The highest BCUT2D eigenvalue weighted by Crippen LogP contribution is 2.44. The number of benzene rings is 2. The summed E-state index contributed by atoms with van der Waals surface area (Å²) in [5.41, 5.74) is 1.12. The van der Waals surface area contributed by atoms with Gasteiger partial charge in [0.05, 0.1) is 11.0 Å². The van der Waals surface area contributed by atoms with E-state index >= 15 is 0 Å². The first-order chi connectivity index (χ1) is 16.2. The molecule has 1 aromatic heterocycles. The summed E-state index contributed by atoms with van der Waals surface area (Å²) >= 11 is 0. The Kier molecular flexibility index (Phi) is 7.22. The fourth-order valence-electron chi connectivity index (χ4n) is 4.11. The molecule has 7 nitrogen and oxygen atoms in total. The summed E-state index contributed by atoms with van der Waals surface area (Å²) in [6, 6.07) is 1.11. The van der Waals surface area contributed by atoms with E-state index in [-0.39, 0.29) is 58.9 Å². The molecular weight excluding hydrogens is 448 g/mol. The Morgan fingerprint density at radius 2 is 1.40 bits per heavy atom. The zero-order valence-corrected chi connectivity index (χ0v) is 21.1. The summed E-state index contributed by atoms with van der Waals surface area (Å²) in [7, 11) is 0. The quantitative estimate of drug-likeness (QED) is 0.171. The lowest BCUT2D eigenvalue weighted by Crippen LogP contribution is -2.20. The zero-order valence-electron chi connectivity index (χ0n) is 21.1. The number of aromatic hydroxyl groups is 4. The first kappa shape index (κ1) is 26.2. The molecule has 188 valence electrons. The molecule has 0 radical (unpaired) electrons. The lowest BCUT2D eigenvalue weighted by atomic mass is 9.89. The topological polar surface area (TPSA) is 131 Å². The number of aliphatic hydroxyl groups is 1. The van der Waals surface area contributed by atoms with Crippen LogP contribution in [-0.4, -0.2) is 31.1 Å². The second-order valence-corrected chi connectivity index (χ2v) is 10.2. The third-order valence-electron chi connectivity index (χ3n) is 6.03. The fourth-order valence-corrected chi connectivity index (χ4v) is 4.11. The molecule has 1 heterocycles. The van der Waals surface area contributed by atoms with Crippen LogP contribution in [0.15, 0.2) is 38.6 Å². The van der Waals surface area contributed by atoms with Crippen molar-refractivity contribution in [3.05, 3.63) is 56.3 Å². The maximum absolute atomic E-state index is 13.8. The van der Waals surface area contributed by atoms with Gasteiger partial charge in [-0.2, -0.15) is 0 Å². The minimum Gasteiger partial charge on any atom is -0.507 e. The second kappa shape index (κ2) is 9.66. The van der Waals surface area contributed by atoms with Crippen LogP contribution in [0, 0.1) is 0 Å². The van der Waals surface area contributed by atoms with Crippen LogP contribution in [0.3, 0.4) is 0 Å². The average molecular weight is 483 g/mol. The number of hydrogen-bond acceptors (Lipinski definition) is 7. The summed E-state index contributed by atoms with van der Waals surface area (Å²) < 4.78 is 5.98. The molecular formula is C28H34O7. The van der Waals surface area contributed by atoms with Crippen LogP contribution in [0.4, 0.5) is 0 Å². The van der Waals surface area contributed by atoms with Gasteiger partial charge in [-0.15, -0.1) is 0 Å². The Labute approximate surface area is 204 Å². The molecule has 3 aromatic rings. The van der Waals surface area contributed by atoms with E-state index < -0.39 is 28.3 Å². The monoisotopic (exact) mass is 482 g/mol. The molecule has 7 heteroatoms. The first-order valence-corrected chi connectivity index (χ1v) is 11.6. The number of allylic oxidation sites excluding steroid dienone is 4. The minimum atomic E-state index is -1.05. The largest absolute Gasteiger partial charge is 0.507 e. The Morgan fingerprint density at radius 1 is 0.829 bits per heavy atom. The van der Waals surface area contributed by atoms with E-state index in [0.717, 1.165) is 17.2 Å². The van der Waals surface area contributed by atoms with Crippen molar-refractivity contribution in [1.82, 2.24) is 0 Å². The molecule has 0 atom stereocenters. The van der Waals surface area contributed by atoms with E-state index in [2.05, 4.69) is 0 Å². The summed E-state index contributed by atoms with van der Waals surface area (Å²) in [5, 5.41) is 53.2. The Morgan fingerprint density at radius 3 is 1.94 bits per heavy atom. The van der Waals surface area contributed by atoms with Crippen LogP contribution in [0.1, 0.15) is 64.7 Å². The van der Waals surface area contributed by atoms with Crippen molar-refractivity contribution in [1.29, 1.82) is 0 Å². The molecule has 0 bridgehead atoms. The SMILES string of the molecule is CC(C)=CCc1c(O)c(O)c2oc3c(CC=C(C)C)c(O)cc(O)c3c(=O)c2c1CCC(C)(C)O. The van der Waals surface area contributed by atoms with Crippen molar-refractivity contribution in [3.8, 4) is 23.0 Å². The molecule has 0 aliphatic heterocycles. The van der Waals surface area contributed by atoms with E-state index in [9.17, 15) is 30.3 Å². The summed E-state index contributed by atoms with van der Waals surface area (Å²) in [6.07, 6.45) is 4.69. The van der Waals surface area contributed by atoms with Gasteiger partial charge < -0.3 is 29.9 Å². The third kappa shape index (κ3) is 5.30. The molecule has 0 fully saturated rings. The average Bonchev–Trinajstić information content (AvgIpc) is 2.73. The van der Waals surface area contributed by atoms with Crippen molar-refractivity contribution < 1.29 is 29.9 Å². The zero-order chi connectivity index (χ0) is 26.2. The van der Waals surface area contributed by atoms with Gasteiger partial charge in [0.2, 0.25) is 11.2 Å². The Balaban J connectivity index is 2.51. The van der Waals surface area contributed by atoms with Gasteiger partial charge in [-0.05, 0) is 72.8 Å². The molecule has 0 amide bonds. The predicted molar refractivity (Wildman–Crippen MR) is 138 cm³/mol. The van der Waals surface area contributed by atoms with Crippen LogP contribution >= 0.6 is 0 Å². The van der Waals surface area contributed by atoms with Crippen LogP contribution in [-0.2, 0) is 19.3 Å². The molecule has 0 saturated heterocycles. The normalized spacial score (nSPS) is 11.7. The summed E-state index contributed by atoms with van der Waals surface area (Å²) in [5.74, 6) is -1.68. The molecule has 0 spiro atoms. The number of aryl methyl sites for hydroxylation is 1. The van der Waals surface area contributed by atoms with Crippen molar-refractivity contribution in [2.75, 3.05) is 0 Å². The van der Waals surface area contributed by atoms with E-state index in [4.69, 9.17) is 4.42 Å². The minimum absolute atomic E-state index is 0.0309. The molecule has 0 unspecified atom stereocenters. The number of hydrogen-bond donors (Lipinski definition) is 5. The lowest BCUT2D eigenvalue weighted by Gasteiger charge is -2.20. The Bertz CT molecular complexity index is 1410.